The van der Waals surface area contributed by atoms with E-state index < -0.39 is 5.82 Å². The van der Waals surface area contributed by atoms with E-state index in [2.05, 4.69) is 31.9 Å². The fourth-order valence-corrected chi connectivity index (χ4v) is 2.82. The number of methoxy groups -OCH3 is 1. The van der Waals surface area contributed by atoms with Crippen molar-refractivity contribution in [3.63, 3.8) is 0 Å². The van der Waals surface area contributed by atoms with Crippen molar-refractivity contribution in [3.05, 3.63) is 62.0 Å². The summed E-state index contributed by atoms with van der Waals surface area (Å²) in [5.74, 6) is -0.266. The van der Waals surface area contributed by atoms with Crippen LogP contribution in [-0.2, 0) is 6.54 Å². The van der Waals surface area contributed by atoms with Gasteiger partial charge in [-0.05, 0) is 46.3 Å². The maximum atomic E-state index is 12.9. The van der Waals surface area contributed by atoms with Crippen LogP contribution in [0.2, 0.25) is 0 Å². The van der Waals surface area contributed by atoms with Gasteiger partial charge in [-0.1, -0.05) is 15.9 Å². The topological polar surface area (TPSA) is 78.8 Å². The van der Waals surface area contributed by atoms with E-state index in [1.165, 1.54) is 31.4 Å². The van der Waals surface area contributed by atoms with Crippen molar-refractivity contribution in [2.45, 2.75) is 6.54 Å². The molecule has 0 aromatic heterocycles. The smallest absolute Gasteiger partial charge is 0.150 e. The molecule has 0 aliphatic carbocycles. The number of ether oxygens (including phenoxy) is 1. The average molecular weight is 485 g/mol. The van der Waals surface area contributed by atoms with Crippen LogP contribution in [0.4, 0.5) is 8.78 Å². The summed E-state index contributed by atoms with van der Waals surface area (Å²) in [6, 6.07) is 6.63. The predicted octanol–water partition coefficient (Wildman–Crippen LogP) is 4.08. The summed E-state index contributed by atoms with van der Waals surface area (Å²) >= 11 is 6.21. The Kier molecular flexibility index (Phi) is 12.2. The van der Waals surface area contributed by atoms with Gasteiger partial charge in [-0.2, -0.15) is 0 Å². The van der Waals surface area contributed by atoms with Gasteiger partial charge >= 0.3 is 0 Å². The number of hydrogen-bond donors (Lipinski definition) is 3. The first kappa shape index (κ1) is 23.6. The van der Waals surface area contributed by atoms with Gasteiger partial charge in [0.1, 0.15) is 23.7 Å². The van der Waals surface area contributed by atoms with Crippen molar-refractivity contribution in [1.82, 2.24) is 5.48 Å². The lowest BCUT2D eigenvalue weighted by Gasteiger charge is -2.09. The summed E-state index contributed by atoms with van der Waals surface area (Å²) in [6.45, 7) is 0.138. The van der Waals surface area contributed by atoms with Crippen molar-refractivity contribution < 1.29 is 28.6 Å². The van der Waals surface area contributed by atoms with Gasteiger partial charge in [0.15, 0.2) is 0 Å². The number of halogens is 4. The maximum Gasteiger partial charge on any atom is 0.150 e. The van der Waals surface area contributed by atoms with Crippen molar-refractivity contribution in [2.75, 3.05) is 14.2 Å². The van der Waals surface area contributed by atoms with Gasteiger partial charge in [0.05, 0.1) is 11.6 Å². The zero-order valence-electron chi connectivity index (χ0n) is 13.4. The maximum absolute atomic E-state index is 12.9. The second kappa shape index (κ2) is 12.9. The molecule has 2 rings (SSSR count). The van der Waals surface area contributed by atoms with Gasteiger partial charge in [-0.3, -0.25) is 4.79 Å². The van der Waals surface area contributed by atoms with Crippen molar-refractivity contribution >= 4 is 38.1 Å². The normalized spacial score (nSPS) is 9.28. The number of aldehydes is 1. The fourth-order valence-electron chi connectivity index (χ4n) is 1.70. The Bertz CT molecular complexity index is 667. The number of carbonyl (C=O) groups excluding carboxylic acids is 1. The second-order valence-corrected chi connectivity index (χ2v) is 6.01. The summed E-state index contributed by atoms with van der Waals surface area (Å²) in [6.07, 6.45) is 0.605. The minimum Gasteiger partial charge on any atom is -0.495 e. The van der Waals surface area contributed by atoms with Crippen LogP contribution < -0.4 is 10.2 Å². The van der Waals surface area contributed by atoms with Gasteiger partial charge in [-0.15, -0.1) is 0 Å². The summed E-state index contributed by atoms with van der Waals surface area (Å²) < 4.78 is 31.4. The molecule has 0 bridgehead atoms. The number of benzene rings is 2. The van der Waals surface area contributed by atoms with E-state index in [9.17, 15) is 13.6 Å². The Morgan fingerprint density at radius 2 is 1.72 bits per heavy atom. The molecular weight excluding hydrogens is 468 g/mol. The molecule has 0 heterocycles. The third kappa shape index (κ3) is 8.50. The number of nitrogens with one attached hydrogen (secondary N) is 1. The molecule has 0 fully saturated rings. The van der Waals surface area contributed by atoms with Crippen molar-refractivity contribution in [2.24, 2.45) is 0 Å². The predicted molar refractivity (Wildman–Crippen MR) is 96.9 cm³/mol. The molecular formula is C16H17Br2F2NO4. The monoisotopic (exact) mass is 483 g/mol. The van der Waals surface area contributed by atoms with Crippen molar-refractivity contribution in [3.8, 4) is 5.75 Å². The van der Waals surface area contributed by atoms with E-state index in [0.29, 0.717) is 32.1 Å². The van der Waals surface area contributed by atoms with Crippen LogP contribution in [0.1, 0.15) is 15.9 Å². The van der Waals surface area contributed by atoms with E-state index in [1.807, 2.05) is 5.48 Å². The first-order valence-electron chi connectivity index (χ1n) is 6.66. The summed E-state index contributed by atoms with van der Waals surface area (Å²) in [7, 11) is 2.48. The van der Waals surface area contributed by atoms with Crippen LogP contribution in [0.25, 0.3) is 0 Å². The molecule has 2 aromatic carbocycles. The average Bonchev–Trinajstić information content (AvgIpc) is 2.56. The minimum atomic E-state index is -0.406. The first-order chi connectivity index (χ1) is 11.9. The van der Waals surface area contributed by atoms with Gasteiger partial charge in [-0.25, -0.2) is 14.3 Å². The third-order valence-corrected chi connectivity index (χ3v) is 3.63. The number of aliphatic hydroxyl groups excluding tert-OH is 1. The van der Waals surface area contributed by atoms with Crippen LogP contribution in [0, 0.1) is 11.6 Å². The Hall–Kier alpha value is -1.39. The molecule has 5 nitrogen and oxygen atoms in total. The number of aliphatic hydroxyl groups is 1. The van der Waals surface area contributed by atoms with E-state index >= 15 is 0 Å². The standard InChI is InChI=1S/C8H9BrFNO2.C7H4BrFO.CH4O/c1-13-8-5(4-11-12)2-6(10)3-7(8)9;8-6-1-5(4-10)2-7(9)3-6;1-2/h2-3,11-12H,4H2,1H3;1-4H;2H,1H3. The highest BCUT2D eigenvalue weighted by Gasteiger charge is 2.09. The molecule has 138 valence electrons. The molecule has 0 atom stereocenters. The lowest BCUT2D eigenvalue weighted by Crippen LogP contribution is -2.08. The molecule has 0 aliphatic heterocycles. The number of hydroxylamine groups is 1. The van der Waals surface area contributed by atoms with Gasteiger partial charge in [0, 0.05) is 29.3 Å². The van der Waals surface area contributed by atoms with E-state index in [4.69, 9.17) is 15.1 Å². The van der Waals surface area contributed by atoms with Crippen LogP contribution >= 0.6 is 31.9 Å². The Labute approximate surface area is 160 Å². The molecule has 0 unspecified atom stereocenters. The van der Waals surface area contributed by atoms with Crippen LogP contribution in [-0.4, -0.2) is 30.8 Å². The van der Waals surface area contributed by atoms with Gasteiger partial charge < -0.3 is 15.1 Å². The molecule has 0 saturated heterocycles. The molecule has 2 aromatic rings. The van der Waals surface area contributed by atoms with E-state index in [0.717, 1.165) is 7.11 Å². The fraction of sp³-hybridized carbons (Fsp3) is 0.188. The van der Waals surface area contributed by atoms with Gasteiger partial charge in [0.2, 0.25) is 0 Å². The van der Waals surface area contributed by atoms with Crippen molar-refractivity contribution in [1.29, 1.82) is 0 Å². The molecule has 0 aliphatic rings. The van der Waals surface area contributed by atoms with Gasteiger partial charge in [0.25, 0.3) is 0 Å². The highest BCUT2D eigenvalue weighted by Crippen LogP contribution is 2.29. The molecule has 0 radical (unpaired) electrons. The van der Waals surface area contributed by atoms with Crippen LogP contribution in [0.15, 0.2) is 39.3 Å². The van der Waals surface area contributed by atoms with E-state index in [1.54, 1.807) is 6.07 Å². The Morgan fingerprint density at radius 3 is 2.20 bits per heavy atom. The SMILES string of the molecule is CO.COc1c(Br)cc(F)cc1CNO.O=Cc1cc(F)cc(Br)c1. The molecule has 9 heteroatoms. The zero-order valence-corrected chi connectivity index (χ0v) is 16.6. The van der Waals surface area contributed by atoms with E-state index in [-0.39, 0.29) is 12.4 Å². The van der Waals surface area contributed by atoms with Crippen LogP contribution in [0.3, 0.4) is 0 Å². The summed E-state index contributed by atoms with van der Waals surface area (Å²) in [5.41, 5.74) is 2.84. The molecule has 0 spiro atoms. The van der Waals surface area contributed by atoms with Crippen LogP contribution in [0.5, 0.6) is 5.75 Å². The first-order valence-corrected chi connectivity index (χ1v) is 8.24. The minimum absolute atomic E-state index is 0.138. The lowest BCUT2D eigenvalue weighted by atomic mass is 10.2. The number of carbonyl (C=O) groups is 1. The highest BCUT2D eigenvalue weighted by atomic mass is 79.9. The summed E-state index contributed by atoms with van der Waals surface area (Å²) in [5, 5.41) is 15.5. The molecule has 0 amide bonds. The lowest BCUT2D eigenvalue weighted by molar-refractivity contribution is 0.112. The Morgan fingerprint density at radius 1 is 1.12 bits per heavy atom. The summed E-state index contributed by atoms with van der Waals surface area (Å²) in [4.78, 5) is 10.1. The highest BCUT2D eigenvalue weighted by molar-refractivity contribution is 9.10. The largest absolute Gasteiger partial charge is 0.495 e. The molecule has 0 saturated carbocycles. The Balaban J connectivity index is 0.000000430. The molecule has 25 heavy (non-hydrogen) atoms. The zero-order chi connectivity index (χ0) is 19.4. The number of hydrogen-bond acceptors (Lipinski definition) is 5. The second-order valence-electron chi connectivity index (χ2n) is 4.24. The number of rotatable bonds is 4. The molecule has 3 N–H and O–H groups in total. The third-order valence-electron chi connectivity index (χ3n) is 2.58. The quantitative estimate of drug-likeness (QED) is 0.450.